The van der Waals surface area contributed by atoms with Crippen LogP contribution in [0.5, 0.6) is 0 Å². The number of benzene rings is 1. The Labute approximate surface area is 167 Å². The fourth-order valence-corrected chi connectivity index (χ4v) is 6.27. The third kappa shape index (κ3) is 7.63. The molecule has 0 aromatic heterocycles. The van der Waals surface area contributed by atoms with Crippen molar-refractivity contribution in [3.05, 3.63) is 47.5 Å². The van der Waals surface area contributed by atoms with Crippen molar-refractivity contribution in [1.82, 2.24) is 0 Å². The van der Waals surface area contributed by atoms with Crippen LogP contribution in [0.1, 0.15) is 71.5 Å². The van der Waals surface area contributed by atoms with Gasteiger partial charge in [-0.1, -0.05) is 77.3 Å². The van der Waals surface area contributed by atoms with E-state index in [9.17, 15) is 4.79 Å². The van der Waals surface area contributed by atoms with E-state index < -0.39 is 8.32 Å². The Hall–Kier alpha value is -1.39. The first-order chi connectivity index (χ1) is 13.1. The van der Waals surface area contributed by atoms with Crippen LogP contribution in [0.4, 0.5) is 0 Å². The lowest BCUT2D eigenvalue weighted by atomic mass is 9.96. The Balaban J connectivity index is 3.24. The average molecular weight is 391 g/mol. The van der Waals surface area contributed by atoms with Crippen LogP contribution in [0.2, 0.25) is 18.1 Å². The third-order valence-electron chi connectivity index (χ3n) is 5.56. The molecule has 27 heavy (non-hydrogen) atoms. The summed E-state index contributed by atoms with van der Waals surface area (Å²) in [7, 11) is -0.395. The van der Waals surface area contributed by atoms with Crippen LogP contribution in [0.15, 0.2) is 42.0 Å². The van der Waals surface area contributed by atoms with E-state index in [1.165, 1.54) is 26.4 Å². The Morgan fingerprint density at radius 1 is 1.00 bits per heavy atom. The quantitative estimate of drug-likeness (QED) is 0.160. The van der Waals surface area contributed by atoms with Gasteiger partial charge in [0.05, 0.1) is 13.2 Å². The molecule has 0 spiro atoms. The number of ether oxygens (including phenoxy) is 1. The van der Waals surface area contributed by atoms with Gasteiger partial charge in [0.1, 0.15) is 0 Å². The van der Waals surface area contributed by atoms with E-state index >= 15 is 0 Å². The second kappa shape index (κ2) is 12.9. The van der Waals surface area contributed by atoms with Crippen molar-refractivity contribution in [2.24, 2.45) is 0 Å². The van der Waals surface area contributed by atoms with E-state index in [2.05, 4.69) is 39.8 Å². The number of carbonyl (C=O) groups excluding carboxylic acids is 1. The van der Waals surface area contributed by atoms with Gasteiger partial charge >= 0.3 is 5.97 Å². The summed E-state index contributed by atoms with van der Waals surface area (Å²) in [5.74, 6) is -0.290. The molecule has 1 unspecified atom stereocenters. The van der Waals surface area contributed by atoms with Gasteiger partial charge in [-0.3, -0.25) is 0 Å². The predicted molar refractivity (Wildman–Crippen MR) is 116 cm³/mol. The van der Waals surface area contributed by atoms with Crippen molar-refractivity contribution >= 4 is 14.3 Å². The van der Waals surface area contributed by atoms with E-state index in [4.69, 9.17) is 9.16 Å². The maximum absolute atomic E-state index is 12.1. The highest BCUT2D eigenvalue weighted by atomic mass is 28.4. The zero-order chi connectivity index (χ0) is 20.1. The summed E-state index contributed by atoms with van der Waals surface area (Å²) in [5, 5.41) is 0. The lowest BCUT2D eigenvalue weighted by Gasteiger charge is -2.35. The van der Waals surface area contributed by atoms with Gasteiger partial charge < -0.3 is 9.16 Å². The standard InChI is InChI=1S/C23H38O3Si/c1-6-10-11-13-18-21(19-22(24)25-5)23(20-16-14-12-15-17-20)26-27(7-2,8-3)9-4/h12,14-17,19,23H,6-11,13,18H2,1-5H3/b21-19+. The number of hydrogen-bond donors (Lipinski definition) is 0. The molecule has 1 aromatic rings. The Kier molecular flexibility index (Phi) is 11.3. The van der Waals surface area contributed by atoms with Crippen LogP contribution < -0.4 is 0 Å². The molecular formula is C23H38O3Si. The lowest BCUT2D eigenvalue weighted by molar-refractivity contribution is -0.135. The van der Waals surface area contributed by atoms with E-state index in [0.717, 1.165) is 42.1 Å². The van der Waals surface area contributed by atoms with Gasteiger partial charge in [-0.05, 0) is 42.1 Å². The van der Waals surface area contributed by atoms with Gasteiger partial charge in [0.2, 0.25) is 0 Å². The summed E-state index contributed by atoms with van der Waals surface area (Å²) in [6, 6.07) is 13.6. The highest BCUT2D eigenvalue weighted by Crippen LogP contribution is 2.36. The van der Waals surface area contributed by atoms with Crippen molar-refractivity contribution in [2.45, 2.75) is 84.0 Å². The molecule has 3 nitrogen and oxygen atoms in total. The molecule has 0 fully saturated rings. The SMILES string of the molecule is CCCCCC/C(=C\C(=O)OC)C(O[Si](CC)(CC)CC)c1ccccc1. The molecule has 0 saturated heterocycles. The smallest absolute Gasteiger partial charge is 0.330 e. The van der Waals surface area contributed by atoms with Crippen molar-refractivity contribution in [3.63, 3.8) is 0 Å². The maximum Gasteiger partial charge on any atom is 0.330 e. The van der Waals surface area contributed by atoms with Crippen LogP contribution in [-0.2, 0) is 14.0 Å². The summed E-state index contributed by atoms with van der Waals surface area (Å²) < 4.78 is 11.8. The number of hydrogen-bond acceptors (Lipinski definition) is 3. The molecule has 0 bridgehead atoms. The molecule has 0 aliphatic carbocycles. The van der Waals surface area contributed by atoms with Crippen LogP contribution in [-0.4, -0.2) is 21.4 Å². The molecule has 0 N–H and O–H groups in total. The van der Waals surface area contributed by atoms with Crippen molar-refractivity contribution < 1.29 is 14.0 Å². The molecular weight excluding hydrogens is 352 g/mol. The van der Waals surface area contributed by atoms with E-state index in [0.29, 0.717) is 0 Å². The largest absolute Gasteiger partial charge is 0.466 e. The van der Waals surface area contributed by atoms with Gasteiger partial charge in [-0.25, -0.2) is 4.79 Å². The van der Waals surface area contributed by atoms with Gasteiger partial charge in [0.25, 0.3) is 0 Å². The minimum Gasteiger partial charge on any atom is -0.466 e. The van der Waals surface area contributed by atoms with Gasteiger partial charge in [-0.2, -0.15) is 0 Å². The zero-order valence-electron chi connectivity index (χ0n) is 17.9. The minimum atomic E-state index is -1.83. The summed E-state index contributed by atoms with van der Waals surface area (Å²) in [6.07, 6.45) is 7.06. The van der Waals surface area contributed by atoms with Gasteiger partial charge in [0.15, 0.2) is 8.32 Å². The number of methoxy groups -OCH3 is 1. The minimum absolute atomic E-state index is 0.154. The maximum atomic E-state index is 12.1. The Morgan fingerprint density at radius 2 is 1.63 bits per heavy atom. The number of carbonyl (C=O) groups is 1. The number of rotatable bonds is 13. The molecule has 0 aliphatic rings. The van der Waals surface area contributed by atoms with Crippen LogP contribution in [0.25, 0.3) is 0 Å². The van der Waals surface area contributed by atoms with E-state index in [1.54, 1.807) is 6.08 Å². The average Bonchev–Trinajstić information content (AvgIpc) is 2.72. The Bertz CT molecular complexity index is 556. The molecule has 1 aromatic carbocycles. The topological polar surface area (TPSA) is 35.5 Å². The second-order valence-corrected chi connectivity index (χ2v) is 11.9. The predicted octanol–water partition coefficient (Wildman–Crippen LogP) is 6.82. The molecule has 0 aliphatic heterocycles. The first-order valence-corrected chi connectivity index (χ1v) is 13.1. The summed E-state index contributed by atoms with van der Waals surface area (Å²) in [5.41, 5.74) is 2.19. The Morgan fingerprint density at radius 3 is 2.15 bits per heavy atom. The normalized spacial score (nSPS) is 13.4. The number of esters is 1. The van der Waals surface area contributed by atoms with Crippen molar-refractivity contribution in [3.8, 4) is 0 Å². The monoisotopic (exact) mass is 390 g/mol. The third-order valence-corrected chi connectivity index (χ3v) is 10.2. The molecule has 0 heterocycles. The van der Waals surface area contributed by atoms with Gasteiger partial charge in [0, 0.05) is 6.08 Å². The number of unbranched alkanes of at least 4 members (excludes halogenated alkanes) is 3. The molecule has 0 radical (unpaired) electrons. The molecule has 0 amide bonds. The second-order valence-electron chi connectivity index (χ2n) is 7.21. The summed E-state index contributed by atoms with van der Waals surface area (Å²) in [6.45, 7) is 8.94. The van der Waals surface area contributed by atoms with Crippen LogP contribution in [0.3, 0.4) is 0 Å². The fourth-order valence-electron chi connectivity index (χ4n) is 3.48. The summed E-state index contributed by atoms with van der Waals surface area (Å²) in [4.78, 5) is 12.1. The van der Waals surface area contributed by atoms with Crippen molar-refractivity contribution in [1.29, 1.82) is 0 Å². The fraction of sp³-hybridized carbons (Fsp3) is 0.609. The summed E-state index contributed by atoms with van der Waals surface area (Å²) >= 11 is 0. The zero-order valence-corrected chi connectivity index (χ0v) is 18.9. The molecule has 152 valence electrons. The van der Waals surface area contributed by atoms with E-state index in [1.807, 2.05) is 18.2 Å². The molecule has 1 rings (SSSR count). The molecule has 0 saturated carbocycles. The van der Waals surface area contributed by atoms with Crippen molar-refractivity contribution in [2.75, 3.05) is 7.11 Å². The van der Waals surface area contributed by atoms with Crippen LogP contribution in [0, 0.1) is 0 Å². The van der Waals surface area contributed by atoms with Gasteiger partial charge in [-0.15, -0.1) is 0 Å². The highest BCUT2D eigenvalue weighted by molar-refractivity contribution is 6.73. The highest BCUT2D eigenvalue weighted by Gasteiger charge is 2.34. The van der Waals surface area contributed by atoms with Crippen LogP contribution >= 0.6 is 0 Å². The first kappa shape index (κ1) is 23.6. The first-order valence-electron chi connectivity index (χ1n) is 10.6. The molecule has 1 atom stereocenters. The lowest BCUT2D eigenvalue weighted by Crippen LogP contribution is -2.37. The molecule has 4 heteroatoms. The van der Waals surface area contributed by atoms with E-state index in [-0.39, 0.29) is 12.1 Å².